The van der Waals surface area contributed by atoms with Gasteiger partial charge in [0.2, 0.25) is 0 Å². The third-order valence-corrected chi connectivity index (χ3v) is 2.64. The van der Waals surface area contributed by atoms with Crippen LogP contribution in [0.15, 0.2) is 24.3 Å². The lowest BCUT2D eigenvalue weighted by atomic mass is 10.2. The van der Waals surface area contributed by atoms with Crippen molar-refractivity contribution < 1.29 is 9.59 Å². The average Bonchev–Trinajstić information content (AvgIpc) is 2.42. The Morgan fingerprint density at radius 3 is 2.55 bits per heavy atom. The lowest BCUT2D eigenvalue weighted by Crippen LogP contribution is -2.34. The molecule has 0 spiro atoms. The van der Waals surface area contributed by atoms with Crippen molar-refractivity contribution in [2.24, 2.45) is 0 Å². The van der Waals surface area contributed by atoms with Crippen molar-refractivity contribution in [3.05, 3.63) is 29.8 Å². The van der Waals surface area contributed by atoms with Gasteiger partial charge in [0.05, 0.1) is 0 Å². The van der Waals surface area contributed by atoms with E-state index in [9.17, 15) is 9.59 Å². The van der Waals surface area contributed by atoms with Crippen molar-refractivity contribution in [1.82, 2.24) is 16.0 Å². The molecule has 22 heavy (non-hydrogen) atoms. The Morgan fingerprint density at radius 2 is 1.91 bits per heavy atom. The van der Waals surface area contributed by atoms with Gasteiger partial charge in [-0.3, -0.25) is 4.79 Å². The maximum atomic E-state index is 12.0. The van der Waals surface area contributed by atoms with E-state index in [1.165, 1.54) is 0 Å². The van der Waals surface area contributed by atoms with E-state index < -0.39 is 0 Å². The first-order valence-electron chi connectivity index (χ1n) is 7.19. The van der Waals surface area contributed by atoms with E-state index in [4.69, 9.17) is 0 Å². The smallest absolute Gasteiger partial charge is 0.319 e. The number of urea groups is 1. The molecule has 1 rings (SSSR count). The summed E-state index contributed by atoms with van der Waals surface area (Å²) in [6.45, 7) is 7.95. The van der Waals surface area contributed by atoms with Crippen molar-refractivity contribution in [2.75, 3.05) is 25.0 Å². The lowest BCUT2D eigenvalue weighted by Gasteiger charge is -2.11. The fourth-order valence-electron chi connectivity index (χ4n) is 1.71. The Balaban J connectivity index is 0.00000441. The maximum absolute atomic E-state index is 12.0. The van der Waals surface area contributed by atoms with Crippen LogP contribution in [0.4, 0.5) is 10.5 Å². The normalized spacial score (nSPS) is 9.82. The van der Waals surface area contributed by atoms with Crippen LogP contribution < -0.4 is 21.3 Å². The molecule has 1 aromatic carbocycles. The number of hydrogen-bond acceptors (Lipinski definition) is 3. The van der Waals surface area contributed by atoms with Crippen molar-refractivity contribution in [2.45, 2.75) is 26.8 Å². The van der Waals surface area contributed by atoms with Gasteiger partial charge in [-0.05, 0) is 38.6 Å². The number of halogens is 1. The zero-order valence-electron chi connectivity index (χ0n) is 13.2. The van der Waals surface area contributed by atoms with Gasteiger partial charge in [0.25, 0.3) is 5.91 Å². The van der Waals surface area contributed by atoms with Crippen LogP contribution in [0.3, 0.4) is 0 Å². The molecule has 0 fully saturated rings. The molecule has 124 valence electrons. The number of carbonyl (C=O) groups is 2. The topological polar surface area (TPSA) is 82.3 Å². The fourth-order valence-corrected chi connectivity index (χ4v) is 1.71. The molecule has 0 saturated heterocycles. The molecule has 0 atom stereocenters. The number of rotatable bonds is 7. The standard InChI is InChI=1S/C15H24N4O2.ClH/c1-4-16-8-9-17-14(20)12-6-5-7-13(10-12)19-15(21)18-11(2)3;/h5-7,10-11,16H,4,8-9H2,1-3H3,(H,17,20)(H2,18,19,21);1H. The lowest BCUT2D eigenvalue weighted by molar-refractivity contribution is 0.0954. The Bertz CT molecular complexity index is 480. The van der Waals surface area contributed by atoms with Crippen LogP contribution in [0, 0.1) is 0 Å². The number of carbonyl (C=O) groups excluding carboxylic acids is 2. The number of amides is 3. The molecular formula is C15H25ClN4O2. The van der Waals surface area contributed by atoms with Gasteiger partial charge < -0.3 is 21.3 Å². The van der Waals surface area contributed by atoms with Crippen LogP contribution in [0.1, 0.15) is 31.1 Å². The van der Waals surface area contributed by atoms with E-state index >= 15 is 0 Å². The molecule has 7 heteroatoms. The van der Waals surface area contributed by atoms with E-state index in [1.54, 1.807) is 24.3 Å². The van der Waals surface area contributed by atoms with Gasteiger partial charge in [-0.15, -0.1) is 12.4 Å². The van der Waals surface area contributed by atoms with E-state index in [0.717, 1.165) is 13.1 Å². The largest absolute Gasteiger partial charge is 0.351 e. The molecular weight excluding hydrogens is 304 g/mol. The average molecular weight is 329 g/mol. The van der Waals surface area contributed by atoms with Gasteiger partial charge in [-0.2, -0.15) is 0 Å². The quantitative estimate of drug-likeness (QED) is 0.578. The Kier molecular flexibility index (Phi) is 9.98. The van der Waals surface area contributed by atoms with Gasteiger partial charge >= 0.3 is 6.03 Å². The summed E-state index contributed by atoms with van der Waals surface area (Å²) in [4.78, 5) is 23.6. The summed E-state index contributed by atoms with van der Waals surface area (Å²) in [6, 6.07) is 6.63. The highest BCUT2D eigenvalue weighted by Gasteiger charge is 2.07. The van der Waals surface area contributed by atoms with Crippen LogP contribution >= 0.6 is 12.4 Å². The predicted molar refractivity (Wildman–Crippen MR) is 91.9 cm³/mol. The number of hydrogen-bond donors (Lipinski definition) is 4. The summed E-state index contributed by atoms with van der Waals surface area (Å²) in [7, 11) is 0. The van der Waals surface area contributed by atoms with Gasteiger partial charge in [0.1, 0.15) is 0 Å². The summed E-state index contributed by atoms with van der Waals surface area (Å²) in [5.41, 5.74) is 1.11. The highest BCUT2D eigenvalue weighted by molar-refractivity contribution is 5.96. The first kappa shape index (κ1) is 20.2. The second kappa shape index (κ2) is 10.9. The first-order chi connectivity index (χ1) is 10.0. The monoisotopic (exact) mass is 328 g/mol. The van der Waals surface area contributed by atoms with Crippen molar-refractivity contribution in [1.29, 1.82) is 0 Å². The number of likely N-dealkylation sites (N-methyl/N-ethyl adjacent to an activating group) is 1. The van der Waals surface area contributed by atoms with Crippen molar-refractivity contribution in [3.63, 3.8) is 0 Å². The summed E-state index contributed by atoms with van der Waals surface area (Å²) in [5.74, 6) is -0.152. The summed E-state index contributed by atoms with van der Waals surface area (Å²) >= 11 is 0. The molecule has 4 N–H and O–H groups in total. The van der Waals surface area contributed by atoms with Crippen molar-refractivity contribution in [3.8, 4) is 0 Å². The van der Waals surface area contributed by atoms with Crippen molar-refractivity contribution >= 4 is 30.0 Å². The summed E-state index contributed by atoms with van der Waals surface area (Å²) < 4.78 is 0. The van der Waals surface area contributed by atoms with E-state index in [0.29, 0.717) is 17.8 Å². The molecule has 0 saturated carbocycles. The molecule has 0 aliphatic heterocycles. The van der Waals surface area contributed by atoms with Gasteiger partial charge in [0.15, 0.2) is 0 Å². The summed E-state index contributed by atoms with van der Waals surface area (Å²) in [5, 5.41) is 11.4. The van der Waals surface area contributed by atoms with E-state index in [2.05, 4.69) is 21.3 Å². The molecule has 0 aliphatic carbocycles. The third-order valence-electron chi connectivity index (χ3n) is 2.64. The minimum absolute atomic E-state index is 0. The molecule has 3 amide bonds. The zero-order chi connectivity index (χ0) is 15.7. The minimum Gasteiger partial charge on any atom is -0.351 e. The van der Waals surface area contributed by atoms with Gasteiger partial charge in [-0.25, -0.2) is 4.79 Å². The Morgan fingerprint density at radius 1 is 1.18 bits per heavy atom. The second-order valence-electron chi connectivity index (χ2n) is 4.94. The SMILES string of the molecule is CCNCCNC(=O)c1cccc(NC(=O)NC(C)C)c1.Cl. The third kappa shape index (κ3) is 7.85. The molecule has 0 radical (unpaired) electrons. The Labute approximate surface area is 137 Å². The van der Waals surface area contributed by atoms with Gasteiger partial charge in [0, 0.05) is 30.4 Å². The molecule has 0 heterocycles. The number of benzene rings is 1. The Hall–Kier alpha value is -1.79. The van der Waals surface area contributed by atoms with Crippen LogP contribution in [0.25, 0.3) is 0 Å². The molecule has 6 nitrogen and oxygen atoms in total. The molecule has 0 aromatic heterocycles. The first-order valence-corrected chi connectivity index (χ1v) is 7.19. The summed E-state index contributed by atoms with van der Waals surface area (Å²) in [6.07, 6.45) is 0. The highest BCUT2D eigenvalue weighted by Crippen LogP contribution is 2.10. The van der Waals surface area contributed by atoms with Crippen LogP contribution in [0.2, 0.25) is 0 Å². The number of nitrogens with one attached hydrogen (secondary N) is 4. The molecule has 0 unspecified atom stereocenters. The van der Waals surface area contributed by atoms with Gasteiger partial charge in [-0.1, -0.05) is 13.0 Å². The van der Waals surface area contributed by atoms with E-state index in [-0.39, 0.29) is 30.4 Å². The maximum Gasteiger partial charge on any atom is 0.319 e. The second-order valence-corrected chi connectivity index (χ2v) is 4.94. The zero-order valence-corrected chi connectivity index (χ0v) is 14.0. The fraction of sp³-hybridized carbons (Fsp3) is 0.467. The minimum atomic E-state index is -0.283. The predicted octanol–water partition coefficient (Wildman–Crippen LogP) is 1.98. The van der Waals surface area contributed by atoms with E-state index in [1.807, 2.05) is 20.8 Å². The van der Waals surface area contributed by atoms with Crippen LogP contribution in [-0.2, 0) is 0 Å². The van der Waals surface area contributed by atoms with Crippen LogP contribution in [-0.4, -0.2) is 37.6 Å². The highest BCUT2D eigenvalue weighted by atomic mass is 35.5. The molecule has 0 aliphatic rings. The molecule has 0 bridgehead atoms. The van der Waals surface area contributed by atoms with Crippen LogP contribution in [0.5, 0.6) is 0 Å². The number of anilines is 1. The molecule has 1 aromatic rings.